The van der Waals surface area contributed by atoms with Gasteiger partial charge in [-0.25, -0.2) is 8.42 Å². The Kier molecular flexibility index (Phi) is 2.13. The first-order valence-electron chi connectivity index (χ1n) is 5.51. The molecule has 86 valence electrons. The van der Waals surface area contributed by atoms with Crippen LogP contribution in [0, 0.1) is 6.92 Å². The molecule has 0 amide bonds. The Labute approximate surface area is 101 Å². The van der Waals surface area contributed by atoms with Gasteiger partial charge < -0.3 is 0 Å². The van der Waals surface area contributed by atoms with Gasteiger partial charge in [0.2, 0.25) is 9.84 Å². The predicted octanol–water partition coefficient (Wildman–Crippen LogP) is 2.73. The van der Waals surface area contributed by atoms with Crippen LogP contribution in [0.3, 0.4) is 0 Å². The highest BCUT2D eigenvalue weighted by molar-refractivity contribution is 7.91. The number of hydrogen-bond donors (Lipinski definition) is 0. The summed E-state index contributed by atoms with van der Waals surface area (Å²) in [4.78, 5) is 0.915. The van der Waals surface area contributed by atoms with Gasteiger partial charge in [0.25, 0.3) is 0 Å². The van der Waals surface area contributed by atoms with Gasteiger partial charge in [0.15, 0.2) is 0 Å². The molecule has 0 saturated carbocycles. The summed E-state index contributed by atoms with van der Waals surface area (Å²) in [7, 11) is -3.32. The van der Waals surface area contributed by atoms with Crippen LogP contribution in [0.1, 0.15) is 16.7 Å². The number of benzene rings is 2. The van der Waals surface area contributed by atoms with E-state index in [0.29, 0.717) is 16.2 Å². The second kappa shape index (κ2) is 3.44. The maximum Gasteiger partial charge on any atom is 0.207 e. The summed E-state index contributed by atoms with van der Waals surface area (Å²) in [5.74, 6) is 0. The highest BCUT2D eigenvalue weighted by atomic mass is 32.2. The Morgan fingerprint density at radius 3 is 2.47 bits per heavy atom. The molecule has 0 aliphatic carbocycles. The molecule has 0 unspecified atom stereocenters. The van der Waals surface area contributed by atoms with Crippen molar-refractivity contribution in [3.63, 3.8) is 0 Å². The van der Waals surface area contributed by atoms with Crippen molar-refractivity contribution < 1.29 is 8.42 Å². The zero-order chi connectivity index (χ0) is 12.0. The molecule has 1 aliphatic heterocycles. The minimum absolute atomic E-state index is 0.455. The molecule has 0 atom stereocenters. The smallest absolute Gasteiger partial charge is 0.207 e. The second-order valence-corrected chi connectivity index (χ2v) is 6.29. The Morgan fingerprint density at radius 1 is 0.941 bits per heavy atom. The van der Waals surface area contributed by atoms with Crippen LogP contribution in [0.25, 0.3) is 0 Å². The van der Waals surface area contributed by atoms with Crippen molar-refractivity contribution in [1.82, 2.24) is 0 Å². The van der Waals surface area contributed by atoms with Gasteiger partial charge in [-0.3, -0.25) is 0 Å². The third kappa shape index (κ3) is 1.50. The van der Waals surface area contributed by atoms with Crippen LogP contribution in [0.2, 0.25) is 0 Å². The lowest BCUT2D eigenvalue weighted by Crippen LogP contribution is -2.14. The van der Waals surface area contributed by atoms with Gasteiger partial charge in [0, 0.05) is 6.42 Å². The van der Waals surface area contributed by atoms with E-state index in [1.165, 1.54) is 0 Å². The molecule has 0 radical (unpaired) electrons. The van der Waals surface area contributed by atoms with Crippen LogP contribution in [0.15, 0.2) is 52.3 Å². The Morgan fingerprint density at radius 2 is 1.65 bits per heavy atom. The minimum atomic E-state index is -3.32. The van der Waals surface area contributed by atoms with Crippen molar-refractivity contribution >= 4 is 9.84 Å². The van der Waals surface area contributed by atoms with Crippen molar-refractivity contribution in [1.29, 1.82) is 0 Å². The molecular weight excluding hydrogens is 232 g/mol. The standard InChI is InChI=1S/C14H12O2S/c1-10-6-7-14-12(8-10)9-11-4-2-3-5-13(11)17(14,15)16/h2-8H,9H2,1H3. The first-order chi connectivity index (χ1) is 8.09. The lowest BCUT2D eigenvalue weighted by Gasteiger charge is -2.19. The maximum atomic E-state index is 12.4. The molecular formula is C14H12O2S. The molecule has 3 heteroatoms. The second-order valence-electron chi connectivity index (χ2n) is 4.40. The Balaban J connectivity index is 2.35. The van der Waals surface area contributed by atoms with Gasteiger partial charge in [-0.15, -0.1) is 0 Å². The molecule has 0 bridgehead atoms. The highest BCUT2D eigenvalue weighted by Crippen LogP contribution is 2.34. The van der Waals surface area contributed by atoms with E-state index in [9.17, 15) is 8.42 Å². The fraction of sp³-hybridized carbons (Fsp3) is 0.143. The normalized spacial score (nSPS) is 16.1. The largest absolute Gasteiger partial charge is 0.218 e. The van der Waals surface area contributed by atoms with Crippen molar-refractivity contribution in [2.75, 3.05) is 0 Å². The van der Waals surface area contributed by atoms with Gasteiger partial charge >= 0.3 is 0 Å². The van der Waals surface area contributed by atoms with Crippen molar-refractivity contribution in [3.8, 4) is 0 Å². The molecule has 0 N–H and O–H groups in total. The van der Waals surface area contributed by atoms with Crippen LogP contribution in [0.5, 0.6) is 0 Å². The fourth-order valence-corrected chi connectivity index (χ4v) is 4.05. The molecule has 17 heavy (non-hydrogen) atoms. The van der Waals surface area contributed by atoms with E-state index >= 15 is 0 Å². The molecule has 0 spiro atoms. The molecule has 1 heterocycles. The van der Waals surface area contributed by atoms with Crippen molar-refractivity contribution in [2.45, 2.75) is 23.1 Å². The molecule has 0 aromatic heterocycles. The van der Waals surface area contributed by atoms with Crippen LogP contribution >= 0.6 is 0 Å². The first kappa shape index (κ1) is 10.5. The molecule has 0 fully saturated rings. The van der Waals surface area contributed by atoms with Gasteiger partial charge in [-0.05, 0) is 30.2 Å². The van der Waals surface area contributed by atoms with Crippen LogP contribution < -0.4 is 0 Å². The zero-order valence-corrected chi connectivity index (χ0v) is 10.3. The first-order valence-corrected chi connectivity index (χ1v) is 7.00. The van der Waals surface area contributed by atoms with Gasteiger partial charge in [-0.2, -0.15) is 0 Å². The average molecular weight is 244 g/mol. The monoisotopic (exact) mass is 244 g/mol. The predicted molar refractivity (Wildman–Crippen MR) is 65.9 cm³/mol. The summed E-state index contributed by atoms with van der Waals surface area (Å²) in [6.07, 6.45) is 0.701. The van der Waals surface area contributed by atoms with Crippen LogP contribution in [-0.2, 0) is 16.3 Å². The quantitative estimate of drug-likeness (QED) is 0.609. The van der Waals surface area contributed by atoms with E-state index in [-0.39, 0.29) is 0 Å². The zero-order valence-electron chi connectivity index (χ0n) is 9.47. The average Bonchev–Trinajstić information content (AvgIpc) is 2.28. The van der Waals surface area contributed by atoms with Crippen molar-refractivity contribution in [3.05, 3.63) is 59.2 Å². The summed E-state index contributed by atoms with van der Waals surface area (Å²) >= 11 is 0. The van der Waals surface area contributed by atoms with Gasteiger partial charge in [0.05, 0.1) is 9.79 Å². The minimum Gasteiger partial charge on any atom is -0.218 e. The molecule has 2 aromatic rings. The molecule has 2 aromatic carbocycles. The van der Waals surface area contributed by atoms with E-state index < -0.39 is 9.84 Å². The highest BCUT2D eigenvalue weighted by Gasteiger charge is 2.28. The van der Waals surface area contributed by atoms with Crippen molar-refractivity contribution in [2.24, 2.45) is 0 Å². The maximum absolute atomic E-state index is 12.4. The number of fused-ring (bicyclic) bond motifs is 2. The third-order valence-electron chi connectivity index (χ3n) is 3.15. The summed E-state index contributed by atoms with van der Waals surface area (Å²) in [5.41, 5.74) is 2.90. The summed E-state index contributed by atoms with van der Waals surface area (Å²) < 4.78 is 24.8. The lowest BCUT2D eigenvalue weighted by atomic mass is 10.0. The number of hydrogen-bond acceptors (Lipinski definition) is 2. The molecule has 3 rings (SSSR count). The molecule has 1 aliphatic rings. The topological polar surface area (TPSA) is 34.1 Å². The van der Waals surface area contributed by atoms with E-state index in [0.717, 1.165) is 16.7 Å². The summed E-state index contributed by atoms with van der Waals surface area (Å²) in [5, 5.41) is 0. The van der Waals surface area contributed by atoms with E-state index in [1.807, 2.05) is 31.2 Å². The number of sulfone groups is 1. The summed E-state index contributed by atoms with van der Waals surface area (Å²) in [6.45, 7) is 1.98. The summed E-state index contributed by atoms with van der Waals surface area (Å²) in [6, 6.07) is 12.8. The molecule has 2 nitrogen and oxygen atoms in total. The van der Waals surface area contributed by atoms with Gasteiger partial charge in [-0.1, -0.05) is 35.9 Å². The lowest BCUT2D eigenvalue weighted by molar-refractivity contribution is 0.591. The number of aryl methyl sites for hydroxylation is 1. The third-order valence-corrected chi connectivity index (χ3v) is 5.10. The number of rotatable bonds is 0. The fourth-order valence-electron chi connectivity index (χ4n) is 2.34. The van der Waals surface area contributed by atoms with E-state index in [2.05, 4.69) is 0 Å². The van der Waals surface area contributed by atoms with Gasteiger partial charge in [0.1, 0.15) is 0 Å². The SMILES string of the molecule is Cc1ccc2c(c1)Cc1ccccc1S2(=O)=O. The van der Waals surface area contributed by atoms with E-state index in [4.69, 9.17) is 0 Å². The van der Waals surface area contributed by atoms with Crippen LogP contribution in [0.4, 0.5) is 0 Å². The molecule has 0 saturated heterocycles. The Hall–Kier alpha value is -1.61. The Bertz CT molecular complexity index is 700. The van der Waals surface area contributed by atoms with Crippen LogP contribution in [-0.4, -0.2) is 8.42 Å². The van der Waals surface area contributed by atoms with E-state index in [1.54, 1.807) is 18.2 Å².